The molecular weight excluding hydrogens is 507 g/mol. The Morgan fingerprint density at radius 1 is 1.16 bits per heavy atom. The van der Waals surface area contributed by atoms with Gasteiger partial charge in [0.05, 0.1) is 13.2 Å². The van der Waals surface area contributed by atoms with Crippen LogP contribution in [0.4, 0.5) is 0 Å². The molecule has 1 heterocycles. The second kappa shape index (κ2) is 16.5. The molecule has 1 fully saturated rings. The summed E-state index contributed by atoms with van der Waals surface area (Å²) in [6.45, 7) is 11.7. The molecule has 1 aromatic carbocycles. The molecule has 31 heavy (non-hydrogen) atoms. The van der Waals surface area contributed by atoms with Gasteiger partial charge in [-0.25, -0.2) is 0 Å². The fourth-order valence-electron chi connectivity index (χ4n) is 3.57. The number of methoxy groups -OCH3 is 1. The molecule has 0 spiro atoms. The van der Waals surface area contributed by atoms with Crippen LogP contribution < -0.4 is 15.4 Å². The van der Waals surface area contributed by atoms with Crippen LogP contribution in [-0.2, 0) is 16.0 Å². The van der Waals surface area contributed by atoms with Gasteiger partial charge in [0.15, 0.2) is 5.96 Å². The van der Waals surface area contributed by atoms with E-state index < -0.39 is 0 Å². The number of halogens is 1. The minimum Gasteiger partial charge on any atom is -0.491 e. The highest BCUT2D eigenvalue weighted by Gasteiger charge is 2.19. The first-order valence-electron chi connectivity index (χ1n) is 11.1. The Morgan fingerprint density at radius 3 is 2.61 bits per heavy atom. The Kier molecular flexibility index (Phi) is 14.9. The molecule has 0 atom stereocenters. The van der Waals surface area contributed by atoms with Gasteiger partial charge in [0.2, 0.25) is 0 Å². The van der Waals surface area contributed by atoms with Gasteiger partial charge in [-0.15, -0.1) is 24.0 Å². The molecular formula is C23H41IN4O3. The smallest absolute Gasteiger partial charge is 0.191 e. The van der Waals surface area contributed by atoms with Crippen molar-refractivity contribution in [2.45, 2.75) is 33.2 Å². The van der Waals surface area contributed by atoms with E-state index in [0.717, 1.165) is 50.1 Å². The van der Waals surface area contributed by atoms with Crippen molar-refractivity contribution in [1.82, 2.24) is 15.5 Å². The summed E-state index contributed by atoms with van der Waals surface area (Å²) in [5, 5.41) is 6.92. The van der Waals surface area contributed by atoms with Crippen molar-refractivity contribution in [2.75, 3.05) is 66.8 Å². The number of likely N-dealkylation sites (tertiary alicyclic amines) is 1. The molecule has 2 N–H and O–H groups in total. The monoisotopic (exact) mass is 548 g/mol. The summed E-state index contributed by atoms with van der Waals surface area (Å²) < 4.78 is 16.5. The molecule has 0 saturated carbocycles. The predicted molar refractivity (Wildman–Crippen MR) is 138 cm³/mol. The fourth-order valence-corrected chi connectivity index (χ4v) is 3.57. The maximum atomic E-state index is 5.94. The number of nitrogens with zero attached hydrogens (tertiary/aromatic N) is 2. The third-order valence-corrected chi connectivity index (χ3v) is 5.46. The number of guanidine groups is 1. The van der Waals surface area contributed by atoms with Crippen molar-refractivity contribution in [3.05, 3.63) is 29.3 Å². The first-order chi connectivity index (χ1) is 14.7. The van der Waals surface area contributed by atoms with Crippen LogP contribution in [0.1, 0.15) is 30.9 Å². The summed E-state index contributed by atoms with van der Waals surface area (Å²) in [6.07, 6.45) is 2.42. The summed E-state index contributed by atoms with van der Waals surface area (Å²) in [6, 6.07) is 6.30. The highest BCUT2D eigenvalue weighted by atomic mass is 127. The summed E-state index contributed by atoms with van der Waals surface area (Å²) in [7, 11) is 3.58. The van der Waals surface area contributed by atoms with Crippen LogP contribution in [0.25, 0.3) is 0 Å². The van der Waals surface area contributed by atoms with Gasteiger partial charge < -0.3 is 29.7 Å². The van der Waals surface area contributed by atoms with Gasteiger partial charge in [-0.1, -0.05) is 12.1 Å². The van der Waals surface area contributed by atoms with Crippen LogP contribution in [0.3, 0.4) is 0 Å². The first-order valence-corrected chi connectivity index (χ1v) is 11.1. The second-order valence-electron chi connectivity index (χ2n) is 7.74. The molecule has 0 bridgehead atoms. The van der Waals surface area contributed by atoms with E-state index >= 15 is 0 Å². The first kappa shape index (κ1) is 27.9. The molecule has 7 nitrogen and oxygen atoms in total. The van der Waals surface area contributed by atoms with E-state index in [9.17, 15) is 0 Å². The molecule has 0 unspecified atom stereocenters. The molecule has 8 heteroatoms. The summed E-state index contributed by atoms with van der Waals surface area (Å²) >= 11 is 0. The quantitative estimate of drug-likeness (QED) is 0.181. The number of benzene rings is 1. The largest absolute Gasteiger partial charge is 0.491 e. The van der Waals surface area contributed by atoms with Crippen molar-refractivity contribution < 1.29 is 14.2 Å². The van der Waals surface area contributed by atoms with Crippen LogP contribution in [0.2, 0.25) is 0 Å². The molecule has 1 aromatic rings. The zero-order chi connectivity index (χ0) is 21.6. The van der Waals surface area contributed by atoms with Crippen LogP contribution in [0.15, 0.2) is 23.2 Å². The standard InChI is InChI=1S/C23H40N4O3.HI/c1-5-29-14-15-30-22-16-19(2)6-7-21(22)18-26-23(24-3)25-17-20-8-10-27(11-9-20)12-13-28-4;/h6-7,16,20H,5,8-15,17-18H2,1-4H3,(H2,24,25,26);1H. The Balaban J connectivity index is 0.00000480. The lowest BCUT2D eigenvalue weighted by atomic mass is 9.97. The number of aliphatic imine (C=N–C) groups is 1. The molecule has 0 radical (unpaired) electrons. The van der Waals surface area contributed by atoms with Gasteiger partial charge in [-0.3, -0.25) is 4.99 Å². The molecule has 1 aliphatic heterocycles. The van der Waals surface area contributed by atoms with Crippen molar-refractivity contribution in [2.24, 2.45) is 10.9 Å². The Morgan fingerprint density at radius 2 is 1.94 bits per heavy atom. The Hall–Kier alpha value is -1.10. The maximum absolute atomic E-state index is 5.94. The van der Waals surface area contributed by atoms with Gasteiger partial charge in [0, 0.05) is 46.0 Å². The van der Waals surface area contributed by atoms with E-state index in [4.69, 9.17) is 14.2 Å². The zero-order valence-corrected chi connectivity index (χ0v) is 21.9. The average Bonchev–Trinajstić information content (AvgIpc) is 2.77. The topological polar surface area (TPSA) is 67.4 Å². The van der Waals surface area contributed by atoms with E-state index in [1.807, 2.05) is 14.0 Å². The lowest BCUT2D eigenvalue weighted by Gasteiger charge is -2.32. The van der Waals surface area contributed by atoms with E-state index in [-0.39, 0.29) is 24.0 Å². The Labute approximate surface area is 205 Å². The molecule has 0 aromatic heterocycles. The normalized spacial score (nSPS) is 15.4. The van der Waals surface area contributed by atoms with Crippen LogP contribution in [0, 0.1) is 12.8 Å². The molecule has 178 valence electrons. The molecule has 0 aliphatic carbocycles. The van der Waals surface area contributed by atoms with Gasteiger partial charge >= 0.3 is 0 Å². The van der Waals surface area contributed by atoms with Crippen molar-refractivity contribution in [1.29, 1.82) is 0 Å². The van der Waals surface area contributed by atoms with E-state index in [1.165, 1.54) is 18.4 Å². The number of piperidine rings is 1. The summed E-state index contributed by atoms with van der Waals surface area (Å²) in [4.78, 5) is 6.87. The van der Waals surface area contributed by atoms with Crippen molar-refractivity contribution in [3.63, 3.8) is 0 Å². The zero-order valence-electron chi connectivity index (χ0n) is 19.6. The molecule has 1 aliphatic rings. The predicted octanol–water partition coefficient (Wildman–Crippen LogP) is 3.05. The number of hydrogen-bond donors (Lipinski definition) is 2. The van der Waals surface area contributed by atoms with Gasteiger partial charge in [0.25, 0.3) is 0 Å². The van der Waals surface area contributed by atoms with Gasteiger partial charge in [0.1, 0.15) is 12.4 Å². The minimum absolute atomic E-state index is 0. The lowest BCUT2D eigenvalue weighted by Crippen LogP contribution is -2.43. The van der Waals surface area contributed by atoms with Gasteiger partial charge in [-0.2, -0.15) is 0 Å². The second-order valence-corrected chi connectivity index (χ2v) is 7.74. The van der Waals surface area contributed by atoms with Crippen molar-refractivity contribution in [3.8, 4) is 5.75 Å². The highest BCUT2D eigenvalue weighted by molar-refractivity contribution is 14.0. The number of ether oxygens (including phenoxy) is 3. The maximum Gasteiger partial charge on any atom is 0.191 e. The lowest BCUT2D eigenvalue weighted by molar-refractivity contribution is 0.110. The SMILES string of the molecule is CCOCCOc1cc(C)ccc1CNC(=NC)NCC1CCN(CCOC)CC1.I. The van der Waals surface area contributed by atoms with Crippen LogP contribution in [-0.4, -0.2) is 77.6 Å². The molecule has 0 amide bonds. The fraction of sp³-hybridized carbons (Fsp3) is 0.696. The molecule has 2 rings (SSSR count). The van der Waals surface area contributed by atoms with Crippen LogP contribution >= 0.6 is 24.0 Å². The molecule has 1 saturated heterocycles. The highest BCUT2D eigenvalue weighted by Crippen LogP contribution is 2.20. The Bertz CT molecular complexity index is 637. The average molecular weight is 549 g/mol. The summed E-state index contributed by atoms with van der Waals surface area (Å²) in [5.41, 5.74) is 2.30. The van der Waals surface area contributed by atoms with Crippen molar-refractivity contribution >= 4 is 29.9 Å². The third kappa shape index (κ3) is 10.9. The van der Waals surface area contributed by atoms with E-state index in [1.54, 1.807) is 7.11 Å². The van der Waals surface area contributed by atoms with Crippen LogP contribution in [0.5, 0.6) is 5.75 Å². The minimum atomic E-state index is 0. The number of rotatable bonds is 12. The van der Waals surface area contributed by atoms with Gasteiger partial charge in [-0.05, 0) is 57.3 Å². The number of nitrogens with one attached hydrogen (secondary N) is 2. The number of hydrogen-bond acceptors (Lipinski definition) is 5. The van der Waals surface area contributed by atoms with E-state index in [0.29, 0.717) is 32.3 Å². The summed E-state index contributed by atoms with van der Waals surface area (Å²) in [5.74, 6) is 2.41. The van der Waals surface area contributed by atoms with E-state index in [2.05, 4.69) is 45.6 Å². The number of aryl methyl sites for hydroxylation is 1. The third-order valence-electron chi connectivity index (χ3n) is 5.46.